The summed E-state index contributed by atoms with van der Waals surface area (Å²) in [4.78, 5) is 0. The van der Waals surface area contributed by atoms with E-state index in [1.54, 1.807) is 0 Å². The molecule has 0 unspecified atom stereocenters. The van der Waals surface area contributed by atoms with E-state index in [0.717, 1.165) is 31.3 Å². The molecule has 0 amide bonds. The molecule has 0 bridgehead atoms. The van der Waals surface area contributed by atoms with Gasteiger partial charge in [0.15, 0.2) is 6.29 Å². The fraction of sp³-hybridized carbons (Fsp3) is 0.714. The molecule has 2 aliphatic carbocycles. The van der Waals surface area contributed by atoms with Gasteiger partial charge in [-0.25, -0.2) is 4.39 Å². The van der Waals surface area contributed by atoms with Crippen LogP contribution in [-0.2, 0) is 9.47 Å². The van der Waals surface area contributed by atoms with E-state index >= 15 is 0 Å². The first-order valence-corrected chi connectivity index (χ1v) is 10.1. The summed E-state index contributed by atoms with van der Waals surface area (Å²) in [5.41, 5.74) is 0. The second kappa shape index (κ2) is 8.00. The van der Waals surface area contributed by atoms with E-state index in [4.69, 9.17) is 14.2 Å². The van der Waals surface area contributed by atoms with Crippen molar-refractivity contribution in [2.24, 2.45) is 23.7 Å². The molecule has 150 valence electrons. The van der Waals surface area contributed by atoms with Gasteiger partial charge in [-0.1, -0.05) is 19.3 Å². The van der Waals surface area contributed by atoms with Crippen LogP contribution in [0.4, 0.5) is 13.2 Å². The molecule has 1 aliphatic heterocycles. The predicted molar refractivity (Wildman–Crippen MR) is 93.9 cm³/mol. The van der Waals surface area contributed by atoms with Crippen LogP contribution in [0.1, 0.15) is 44.9 Å². The number of rotatable bonds is 5. The van der Waals surface area contributed by atoms with Crippen LogP contribution in [0.15, 0.2) is 24.3 Å². The number of alkyl halides is 2. The summed E-state index contributed by atoms with van der Waals surface area (Å²) in [7, 11) is 0. The van der Waals surface area contributed by atoms with E-state index in [9.17, 15) is 13.2 Å². The van der Waals surface area contributed by atoms with Crippen molar-refractivity contribution < 1.29 is 27.4 Å². The van der Waals surface area contributed by atoms with Crippen LogP contribution in [0.25, 0.3) is 0 Å². The van der Waals surface area contributed by atoms with Gasteiger partial charge in [0.25, 0.3) is 0 Å². The Morgan fingerprint density at radius 1 is 0.815 bits per heavy atom. The van der Waals surface area contributed by atoms with E-state index in [1.807, 2.05) is 0 Å². The summed E-state index contributed by atoms with van der Waals surface area (Å²) in [5.74, 6) is 0.0850. The highest BCUT2D eigenvalue weighted by Gasteiger charge is 2.46. The quantitative estimate of drug-likeness (QED) is 0.681. The van der Waals surface area contributed by atoms with E-state index < -0.39 is 17.8 Å². The molecule has 3 fully saturated rings. The van der Waals surface area contributed by atoms with Crippen molar-refractivity contribution >= 4 is 0 Å². The Kier molecular flexibility index (Phi) is 5.65. The van der Waals surface area contributed by atoms with Gasteiger partial charge in [0.2, 0.25) is 0 Å². The fourth-order valence-electron chi connectivity index (χ4n) is 4.46. The second-order valence-electron chi connectivity index (χ2n) is 8.22. The highest BCUT2D eigenvalue weighted by Crippen LogP contribution is 2.43. The van der Waals surface area contributed by atoms with Gasteiger partial charge in [0.1, 0.15) is 11.6 Å². The zero-order valence-electron chi connectivity index (χ0n) is 15.4. The third-order valence-electron chi connectivity index (χ3n) is 6.47. The Morgan fingerprint density at radius 3 is 2.00 bits per heavy atom. The monoisotopic (exact) mass is 384 g/mol. The minimum atomic E-state index is -3.26. The Morgan fingerprint density at radius 2 is 1.44 bits per heavy atom. The van der Waals surface area contributed by atoms with Crippen molar-refractivity contribution in [3.63, 3.8) is 0 Å². The molecule has 0 spiro atoms. The topological polar surface area (TPSA) is 27.7 Å². The van der Waals surface area contributed by atoms with Gasteiger partial charge in [-0.15, -0.1) is 0 Å². The lowest BCUT2D eigenvalue weighted by molar-refractivity contribution is -0.252. The van der Waals surface area contributed by atoms with E-state index in [0.29, 0.717) is 31.6 Å². The Labute approximate surface area is 158 Å². The standard InChI is InChI=1S/C21H27F3O3/c22-18-8-10-19(11-9-18)27-21(23,24)17-6-4-15(5-7-17)20-25-12-16(13-26-20)14-2-1-3-14/h8-11,14-17,20H,1-7,12-13H2. The van der Waals surface area contributed by atoms with Crippen LogP contribution in [-0.4, -0.2) is 25.6 Å². The number of benzene rings is 1. The second-order valence-corrected chi connectivity index (χ2v) is 8.22. The molecule has 0 radical (unpaired) electrons. The molecule has 6 heteroatoms. The van der Waals surface area contributed by atoms with Crippen LogP contribution in [0.2, 0.25) is 0 Å². The highest BCUT2D eigenvalue weighted by atomic mass is 19.3. The molecule has 0 aromatic heterocycles. The number of hydrogen-bond donors (Lipinski definition) is 0. The maximum Gasteiger partial charge on any atom is 0.400 e. The first-order chi connectivity index (χ1) is 13.0. The van der Waals surface area contributed by atoms with Crippen molar-refractivity contribution in [1.29, 1.82) is 0 Å². The van der Waals surface area contributed by atoms with Crippen molar-refractivity contribution in [2.75, 3.05) is 13.2 Å². The highest BCUT2D eigenvalue weighted by molar-refractivity contribution is 5.22. The van der Waals surface area contributed by atoms with E-state index in [1.165, 1.54) is 31.4 Å². The van der Waals surface area contributed by atoms with Crippen molar-refractivity contribution in [3.05, 3.63) is 30.1 Å². The number of halogens is 3. The zero-order chi connectivity index (χ0) is 18.9. The molecule has 3 aliphatic rings. The van der Waals surface area contributed by atoms with Crippen molar-refractivity contribution in [3.8, 4) is 5.75 Å². The molecule has 27 heavy (non-hydrogen) atoms. The number of hydrogen-bond acceptors (Lipinski definition) is 3. The molecule has 3 nitrogen and oxygen atoms in total. The van der Waals surface area contributed by atoms with E-state index in [-0.39, 0.29) is 18.0 Å². The van der Waals surface area contributed by atoms with Crippen LogP contribution in [0.3, 0.4) is 0 Å². The van der Waals surface area contributed by atoms with Gasteiger partial charge in [0.05, 0.1) is 19.1 Å². The van der Waals surface area contributed by atoms with E-state index in [2.05, 4.69) is 0 Å². The average Bonchev–Trinajstić information content (AvgIpc) is 2.63. The van der Waals surface area contributed by atoms with Crippen molar-refractivity contribution in [1.82, 2.24) is 0 Å². The largest absolute Gasteiger partial charge is 0.432 e. The van der Waals surface area contributed by atoms with Crippen LogP contribution >= 0.6 is 0 Å². The summed E-state index contributed by atoms with van der Waals surface area (Å²) >= 11 is 0. The van der Waals surface area contributed by atoms with Gasteiger partial charge < -0.3 is 14.2 Å². The van der Waals surface area contributed by atoms with Crippen molar-refractivity contribution in [2.45, 2.75) is 57.3 Å². The Balaban J connectivity index is 1.25. The smallest absolute Gasteiger partial charge is 0.400 e. The maximum absolute atomic E-state index is 14.5. The summed E-state index contributed by atoms with van der Waals surface area (Å²) in [6.45, 7) is 1.47. The molecule has 1 saturated heterocycles. The van der Waals surface area contributed by atoms with Crippen LogP contribution in [0, 0.1) is 29.5 Å². The third-order valence-corrected chi connectivity index (χ3v) is 6.47. The minimum absolute atomic E-state index is 0.00972. The molecular weight excluding hydrogens is 357 g/mol. The maximum atomic E-state index is 14.5. The number of ether oxygens (including phenoxy) is 3. The lowest BCUT2D eigenvalue weighted by atomic mass is 9.76. The first-order valence-electron chi connectivity index (χ1n) is 10.1. The fourth-order valence-corrected chi connectivity index (χ4v) is 4.46. The molecule has 1 aromatic rings. The molecule has 0 N–H and O–H groups in total. The normalized spacial score (nSPS) is 32.7. The summed E-state index contributed by atoms with van der Waals surface area (Å²) in [6.07, 6.45) is 2.37. The first kappa shape index (κ1) is 19.1. The van der Waals surface area contributed by atoms with Crippen LogP contribution < -0.4 is 4.74 Å². The Bertz CT molecular complexity index is 602. The summed E-state index contributed by atoms with van der Waals surface area (Å²) in [6, 6.07) is 4.71. The average molecular weight is 384 g/mol. The van der Waals surface area contributed by atoms with Gasteiger partial charge in [-0.3, -0.25) is 0 Å². The van der Waals surface area contributed by atoms with Crippen LogP contribution in [0.5, 0.6) is 5.75 Å². The predicted octanol–water partition coefficient (Wildman–Crippen LogP) is 5.39. The molecular formula is C21H27F3O3. The summed E-state index contributed by atoms with van der Waals surface area (Å²) < 4.78 is 58.6. The Hall–Kier alpha value is -1.27. The van der Waals surface area contributed by atoms with Gasteiger partial charge >= 0.3 is 6.11 Å². The molecule has 0 atom stereocenters. The van der Waals surface area contributed by atoms with Gasteiger partial charge in [-0.2, -0.15) is 8.78 Å². The SMILES string of the molecule is Fc1ccc(OC(F)(F)C2CCC(C3OCC(C4CCC4)CO3)CC2)cc1. The third kappa shape index (κ3) is 4.43. The molecule has 1 heterocycles. The lowest BCUT2D eigenvalue weighted by Gasteiger charge is -2.42. The minimum Gasteiger partial charge on any atom is -0.432 e. The molecule has 2 saturated carbocycles. The lowest BCUT2D eigenvalue weighted by Crippen LogP contribution is -2.44. The zero-order valence-corrected chi connectivity index (χ0v) is 15.4. The van der Waals surface area contributed by atoms with Gasteiger partial charge in [0, 0.05) is 11.8 Å². The molecule has 4 rings (SSSR count). The summed E-state index contributed by atoms with van der Waals surface area (Å²) in [5, 5.41) is 0. The van der Waals surface area contributed by atoms with Gasteiger partial charge in [-0.05, 0) is 55.9 Å². The molecule has 1 aromatic carbocycles.